The number of hydrogen-bond donors (Lipinski definition) is 0. The monoisotopic (exact) mass is 408 g/mol. The fraction of sp³-hybridized carbons (Fsp3) is 0.250. The van der Waals surface area contributed by atoms with Crippen LogP contribution in [0.25, 0.3) is 49.0 Å². The van der Waals surface area contributed by atoms with Gasteiger partial charge in [-0.25, -0.2) is 4.39 Å². The van der Waals surface area contributed by atoms with E-state index < -0.39 is 0 Å². The molecule has 154 valence electrons. The van der Waals surface area contributed by atoms with Crippen molar-refractivity contribution in [1.82, 2.24) is 9.38 Å². The molecular weight excluding hydrogens is 383 g/mol. The average molecular weight is 409 g/mol. The summed E-state index contributed by atoms with van der Waals surface area (Å²) in [5.41, 5.74) is 8.24. The molecule has 0 aliphatic heterocycles. The molecule has 6 rings (SSSR count). The molecule has 3 aromatic carbocycles. The second kappa shape index (κ2) is 5.94. The first-order valence-electron chi connectivity index (χ1n) is 10.9. The first-order chi connectivity index (χ1) is 14.7. The first-order valence-corrected chi connectivity index (χ1v) is 10.9. The number of aryl methyl sites for hydroxylation is 2. The average Bonchev–Trinajstić information content (AvgIpc) is 3.01. The second-order valence-corrected chi connectivity index (χ2v) is 10.2. The summed E-state index contributed by atoms with van der Waals surface area (Å²) in [5, 5.41) is 5.01. The molecule has 31 heavy (non-hydrogen) atoms. The quantitative estimate of drug-likeness (QED) is 0.201. The van der Waals surface area contributed by atoms with Gasteiger partial charge in [0.05, 0.1) is 28.3 Å². The van der Waals surface area contributed by atoms with Crippen LogP contribution in [0.15, 0.2) is 48.7 Å². The summed E-state index contributed by atoms with van der Waals surface area (Å²) in [5.74, 6) is -0.265. The molecule has 0 aliphatic rings. The van der Waals surface area contributed by atoms with Crippen LogP contribution in [0.4, 0.5) is 4.39 Å². The summed E-state index contributed by atoms with van der Waals surface area (Å²) >= 11 is 0. The van der Waals surface area contributed by atoms with Crippen LogP contribution in [0.1, 0.15) is 37.5 Å². The number of hydrogen-bond acceptors (Lipinski definition) is 1. The van der Waals surface area contributed by atoms with Gasteiger partial charge in [-0.2, -0.15) is 0 Å². The van der Waals surface area contributed by atoms with Gasteiger partial charge in [0.25, 0.3) is 0 Å². The molecule has 0 saturated carbocycles. The Morgan fingerprint density at radius 3 is 2.39 bits per heavy atom. The van der Waals surface area contributed by atoms with Crippen LogP contribution in [0.3, 0.4) is 0 Å². The minimum Gasteiger partial charge on any atom is -0.308 e. The summed E-state index contributed by atoms with van der Waals surface area (Å²) in [6, 6.07) is 15.2. The predicted octanol–water partition coefficient (Wildman–Crippen LogP) is 7.73. The van der Waals surface area contributed by atoms with Crippen molar-refractivity contribution in [2.45, 2.75) is 41.0 Å². The van der Waals surface area contributed by atoms with E-state index in [-0.39, 0.29) is 11.2 Å². The fourth-order valence-corrected chi connectivity index (χ4v) is 5.44. The van der Waals surface area contributed by atoms with Gasteiger partial charge in [0.2, 0.25) is 0 Å². The van der Waals surface area contributed by atoms with Crippen LogP contribution >= 0.6 is 0 Å². The summed E-state index contributed by atoms with van der Waals surface area (Å²) in [6.07, 6.45) is 2.37. The molecule has 0 atom stereocenters. The van der Waals surface area contributed by atoms with Crippen LogP contribution in [-0.2, 0) is 6.42 Å². The van der Waals surface area contributed by atoms with Crippen molar-refractivity contribution in [3.05, 3.63) is 71.2 Å². The standard InChI is InChI=1S/C28H25FN2/c1-15-10-16(2)26-21(11-15)25-24-20(22(29)14-30-25)9-8-19-18-7-6-17(13-28(3,4)5)12-23(18)31(26)27(19)24/h6-12,14H,13H2,1-5H3. The highest BCUT2D eigenvalue weighted by molar-refractivity contribution is 6.27. The molecule has 0 spiro atoms. The Morgan fingerprint density at radius 2 is 1.61 bits per heavy atom. The third-order valence-corrected chi connectivity index (χ3v) is 6.45. The minimum atomic E-state index is -0.265. The lowest BCUT2D eigenvalue weighted by atomic mass is 9.88. The number of nitrogens with zero attached hydrogens (tertiary/aromatic N) is 2. The van der Waals surface area contributed by atoms with Gasteiger partial charge >= 0.3 is 0 Å². The van der Waals surface area contributed by atoms with E-state index in [1.54, 1.807) is 0 Å². The number of rotatable bonds is 1. The van der Waals surface area contributed by atoms with Gasteiger partial charge in [-0.3, -0.25) is 4.98 Å². The number of fused-ring (bicyclic) bond motifs is 6. The third kappa shape index (κ3) is 2.52. The van der Waals surface area contributed by atoms with Crippen LogP contribution in [0.2, 0.25) is 0 Å². The topological polar surface area (TPSA) is 17.3 Å². The van der Waals surface area contributed by atoms with Crippen LogP contribution < -0.4 is 0 Å². The maximum atomic E-state index is 14.8. The van der Waals surface area contributed by atoms with Crippen molar-refractivity contribution in [2.75, 3.05) is 0 Å². The molecule has 0 radical (unpaired) electrons. The summed E-state index contributed by atoms with van der Waals surface area (Å²) in [6.45, 7) is 11.1. The Hall–Kier alpha value is -3.20. The van der Waals surface area contributed by atoms with E-state index in [0.717, 1.165) is 39.1 Å². The summed E-state index contributed by atoms with van der Waals surface area (Å²) in [4.78, 5) is 4.59. The molecule has 0 N–H and O–H groups in total. The molecule has 0 amide bonds. The number of pyridine rings is 2. The molecular formula is C28H25FN2. The van der Waals surface area contributed by atoms with Crippen molar-refractivity contribution < 1.29 is 4.39 Å². The van der Waals surface area contributed by atoms with Crippen LogP contribution in [0, 0.1) is 25.1 Å². The molecule has 0 aliphatic carbocycles. The van der Waals surface area contributed by atoms with E-state index in [4.69, 9.17) is 0 Å². The predicted molar refractivity (Wildman–Crippen MR) is 129 cm³/mol. The van der Waals surface area contributed by atoms with Crippen molar-refractivity contribution in [2.24, 2.45) is 5.41 Å². The molecule has 3 heteroatoms. The number of halogens is 1. The Bertz CT molecular complexity index is 1660. The van der Waals surface area contributed by atoms with E-state index >= 15 is 0 Å². The summed E-state index contributed by atoms with van der Waals surface area (Å²) in [7, 11) is 0. The lowest BCUT2D eigenvalue weighted by Crippen LogP contribution is -2.09. The zero-order chi connectivity index (χ0) is 21.7. The highest BCUT2D eigenvalue weighted by atomic mass is 19.1. The molecule has 6 aromatic rings. The van der Waals surface area contributed by atoms with Gasteiger partial charge in [0.15, 0.2) is 0 Å². The number of benzene rings is 3. The third-order valence-electron chi connectivity index (χ3n) is 6.45. The van der Waals surface area contributed by atoms with Crippen LogP contribution in [0.5, 0.6) is 0 Å². The van der Waals surface area contributed by atoms with Crippen LogP contribution in [-0.4, -0.2) is 9.38 Å². The SMILES string of the molecule is Cc1cc(C)c2c(c1)c1ncc(F)c3ccc4c5ccc(CC(C)(C)C)cc5n2c4c31. The molecule has 0 fully saturated rings. The Kier molecular flexibility index (Phi) is 3.56. The largest absolute Gasteiger partial charge is 0.308 e. The highest BCUT2D eigenvalue weighted by Crippen LogP contribution is 2.42. The second-order valence-electron chi connectivity index (χ2n) is 10.2. The normalized spacial score (nSPS) is 13.0. The fourth-order valence-electron chi connectivity index (χ4n) is 5.44. The van der Waals surface area contributed by atoms with Gasteiger partial charge in [-0.1, -0.05) is 56.7 Å². The zero-order valence-corrected chi connectivity index (χ0v) is 18.6. The highest BCUT2D eigenvalue weighted by Gasteiger charge is 2.22. The van der Waals surface area contributed by atoms with Gasteiger partial charge in [0, 0.05) is 26.9 Å². The molecule has 0 bridgehead atoms. The van der Waals surface area contributed by atoms with E-state index in [9.17, 15) is 4.39 Å². The molecule has 3 aromatic heterocycles. The molecule has 3 heterocycles. The van der Waals surface area contributed by atoms with Crippen molar-refractivity contribution in [3.63, 3.8) is 0 Å². The Labute approximate surface area is 180 Å². The maximum Gasteiger partial charge on any atom is 0.149 e. The lowest BCUT2D eigenvalue weighted by molar-refractivity contribution is 0.411. The van der Waals surface area contributed by atoms with E-state index in [1.165, 1.54) is 33.8 Å². The molecule has 0 unspecified atom stereocenters. The lowest BCUT2D eigenvalue weighted by Gasteiger charge is -2.18. The van der Waals surface area contributed by atoms with Gasteiger partial charge in [0.1, 0.15) is 5.82 Å². The molecule has 0 saturated heterocycles. The van der Waals surface area contributed by atoms with Crippen molar-refractivity contribution in [3.8, 4) is 0 Å². The smallest absolute Gasteiger partial charge is 0.149 e. The van der Waals surface area contributed by atoms with E-state index in [2.05, 4.69) is 80.4 Å². The van der Waals surface area contributed by atoms with Gasteiger partial charge < -0.3 is 4.40 Å². The van der Waals surface area contributed by atoms with E-state index in [1.807, 2.05) is 6.07 Å². The number of aromatic nitrogens is 2. The Balaban J connectivity index is 1.93. The summed E-state index contributed by atoms with van der Waals surface area (Å²) < 4.78 is 17.2. The maximum absolute atomic E-state index is 14.8. The van der Waals surface area contributed by atoms with Gasteiger partial charge in [-0.15, -0.1) is 0 Å². The first kappa shape index (κ1) is 18.6. The minimum absolute atomic E-state index is 0.208. The van der Waals surface area contributed by atoms with E-state index in [0.29, 0.717) is 5.39 Å². The van der Waals surface area contributed by atoms with Crippen molar-refractivity contribution in [1.29, 1.82) is 0 Å². The van der Waals surface area contributed by atoms with Gasteiger partial charge in [-0.05, 0) is 48.9 Å². The van der Waals surface area contributed by atoms with Crippen molar-refractivity contribution >= 4 is 49.0 Å². The Morgan fingerprint density at radius 1 is 0.871 bits per heavy atom. The molecule has 2 nitrogen and oxygen atoms in total. The zero-order valence-electron chi connectivity index (χ0n) is 18.6.